The van der Waals surface area contributed by atoms with Crippen LogP contribution in [0, 0.1) is 0 Å². The van der Waals surface area contributed by atoms with Crippen molar-refractivity contribution in [1.82, 2.24) is 0 Å². The summed E-state index contributed by atoms with van der Waals surface area (Å²) in [6.07, 6.45) is 2.00. The summed E-state index contributed by atoms with van der Waals surface area (Å²) in [5.74, 6) is 0. The van der Waals surface area contributed by atoms with Crippen LogP contribution in [0.3, 0.4) is 0 Å². The lowest BCUT2D eigenvalue weighted by Gasteiger charge is -2.20. The summed E-state index contributed by atoms with van der Waals surface area (Å²) in [5, 5.41) is 3.46. The molecule has 1 aromatic carbocycles. The van der Waals surface area contributed by atoms with Crippen molar-refractivity contribution < 1.29 is 4.74 Å². The number of hydrogen-bond donors (Lipinski definition) is 2. The molecule has 0 heterocycles. The van der Waals surface area contributed by atoms with E-state index >= 15 is 0 Å². The minimum atomic E-state index is 0.293. The van der Waals surface area contributed by atoms with Crippen LogP contribution in [0.4, 0.5) is 5.69 Å². The molecule has 5 heteroatoms. The normalized spacial score (nSPS) is 12.5. The molecule has 1 rings (SSSR count). The van der Waals surface area contributed by atoms with Crippen molar-refractivity contribution in [2.45, 2.75) is 18.9 Å². The molecule has 0 saturated heterocycles. The second-order valence-corrected chi connectivity index (χ2v) is 5.62. The first kappa shape index (κ1) is 15.0. The third-order valence-electron chi connectivity index (χ3n) is 2.42. The highest BCUT2D eigenvalue weighted by atomic mass is 79.9. The van der Waals surface area contributed by atoms with E-state index < -0.39 is 0 Å². The maximum atomic E-state index is 5.53. The molecule has 0 bridgehead atoms. The molecule has 0 amide bonds. The average molecular weight is 366 g/mol. The van der Waals surface area contributed by atoms with Gasteiger partial charge >= 0.3 is 0 Å². The Bertz CT molecular complexity index is 347. The predicted octanol–water partition coefficient (Wildman–Crippen LogP) is 3.38. The Labute approximate surface area is 119 Å². The molecule has 17 heavy (non-hydrogen) atoms. The van der Waals surface area contributed by atoms with Crippen LogP contribution >= 0.6 is 31.9 Å². The summed E-state index contributed by atoms with van der Waals surface area (Å²) in [4.78, 5) is 0. The molecular formula is C12H18Br2N2O. The van der Waals surface area contributed by atoms with E-state index in [9.17, 15) is 0 Å². The number of anilines is 1. The molecule has 96 valence electrons. The zero-order chi connectivity index (χ0) is 12.7. The predicted molar refractivity (Wildman–Crippen MR) is 79.4 cm³/mol. The van der Waals surface area contributed by atoms with Gasteiger partial charge < -0.3 is 15.8 Å². The van der Waals surface area contributed by atoms with Crippen LogP contribution in [0.2, 0.25) is 0 Å². The smallest absolute Gasteiger partial charge is 0.0664 e. The molecule has 1 atom stereocenters. The van der Waals surface area contributed by atoms with Gasteiger partial charge in [-0.05, 0) is 53.5 Å². The standard InChI is InChI=1S/C12H18Br2N2O/c1-17-8-10(3-2-6-15)16-12-5-4-9(13)7-11(12)14/h4-5,7,10,16H,2-3,6,8,15H2,1H3. The number of rotatable bonds is 7. The Balaban J connectivity index is 2.64. The van der Waals surface area contributed by atoms with Crippen LogP contribution in [-0.4, -0.2) is 26.3 Å². The van der Waals surface area contributed by atoms with Crippen LogP contribution in [0.5, 0.6) is 0 Å². The zero-order valence-corrected chi connectivity index (χ0v) is 13.1. The van der Waals surface area contributed by atoms with Gasteiger partial charge in [-0.1, -0.05) is 15.9 Å². The number of benzene rings is 1. The molecule has 3 nitrogen and oxygen atoms in total. The highest BCUT2D eigenvalue weighted by Crippen LogP contribution is 2.27. The van der Waals surface area contributed by atoms with Crippen LogP contribution in [0.1, 0.15) is 12.8 Å². The second-order valence-electron chi connectivity index (χ2n) is 3.85. The van der Waals surface area contributed by atoms with Crippen molar-refractivity contribution in [3.63, 3.8) is 0 Å². The Hall–Kier alpha value is -0.100. The highest BCUT2D eigenvalue weighted by Gasteiger charge is 2.09. The third kappa shape index (κ3) is 5.38. The molecule has 0 fully saturated rings. The van der Waals surface area contributed by atoms with Gasteiger partial charge in [0.15, 0.2) is 0 Å². The van der Waals surface area contributed by atoms with E-state index in [1.165, 1.54) is 0 Å². The summed E-state index contributed by atoms with van der Waals surface area (Å²) >= 11 is 6.97. The Morgan fingerprint density at radius 1 is 1.41 bits per heavy atom. The van der Waals surface area contributed by atoms with Crippen molar-refractivity contribution in [2.75, 3.05) is 25.6 Å². The minimum Gasteiger partial charge on any atom is -0.383 e. The lowest BCUT2D eigenvalue weighted by atomic mass is 10.1. The van der Waals surface area contributed by atoms with Gasteiger partial charge in [-0.25, -0.2) is 0 Å². The second kappa shape index (κ2) is 8.08. The van der Waals surface area contributed by atoms with Gasteiger partial charge in [0.25, 0.3) is 0 Å². The summed E-state index contributed by atoms with van der Waals surface area (Å²) in [6, 6.07) is 6.37. The summed E-state index contributed by atoms with van der Waals surface area (Å²) in [5.41, 5.74) is 6.61. The van der Waals surface area contributed by atoms with Crippen molar-refractivity contribution in [2.24, 2.45) is 5.73 Å². The fourth-order valence-electron chi connectivity index (χ4n) is 1.59. The van der Waals surface area contributed by atoms with Gasteiger partial charge in [0.2, 0.25) is 0 Å². The Morgan fingerprint density at radius 3 is 2.76 bits per heavy atom. The van der Waals surface area contributed by atoms with E-state index in [1.54, 1.807) is 7.11 Å². The molecule has 0 spiro atoms. The SMILES string of the molecule is COCC(CCCN)Nc1ccc(Br)cc1Br. The summed E-state index contributed by atoms with van der Waals surface area (Å²) < 4.78 is 7.31. The summed E-state index contributed by atoms with van der Waals surface area (Å²) in [6.45, 7) is 1.39. The van der Waals surface area contributed by atoms with Crippen LogP contribution in [0.25, 0.3) is 0 Å². The number of nitrogens with two attached hydrogens (primary N) is 1. The molecule has 0 aromatic heterocycles. The lowest BCUT2D eigenvalue weighted by Crippen LogP contribution is -2.26. The number of halogens is 2. The van der Waals surface area contributed by atoms with E-state index in [1.807, 2.05) is 18.2 Å². The molecule has 0 aliphatic carbocycles. The van der Waals surface area contributed by atoms with E-state index in [4.69, 9.17) is 10.5 Å². The number of hydrogen-bond acceptors (Lipinski definition) is 3. The number of methoxy groups -OCH3 is 1. The maximum Gasteiger partial charge on any atom is 0.0664 e. The number of nitrogens with one attached hydrogen (secondary N) is 1. The topological polar surface area (TPSA) is 47.3 Å². The van der Waals surface area contributed by atoms with Gasteiger partial charge in [0, 0.05) is 27.8 Å². The van der Waals surface area contributed by atoms with Gasteiger partial charge in [0.1, 0.15) is 0 Å². The van der Waals surface area contributed by atoms with Gasteiger partial charge in [0.05, 0.1) is 6.61 Å². The Morgan fingerprint density at radius 2 is 2.18 bits per heavy atom. The molecule has 0 aliphatic heterocycles. The first-order valence-electron chi connectivity index (χ1n) is 5.58. The van der Waals surface area contributed by atoms with E-state index in [0.717, 1.165) is 27.5 Å². The highest BCUT2D eigenvalue weighted by molar-refractivity contribution is 9.11. The molecule has 0 saturated carbocycles. The van der Waals surface area contributed by atoms with E-state index in [-0.39, 0.29) is 0 Å². The van der Waals surface area contributed by atoms with Gasteiger partial charge in [-0.2, -0.15) is 0 Å². The van der Waals surface area contributed by atoms with Crippen LogP contribution < -0.4 is 11.1 Å². The number of ether oxygens (including phenoxy) is 1. The molecule has 0 radical (unpaired) electrons. The first-order chi connectivity index (χ1) is 8.17. The van der Waals surface area contributed by atoms with Crippen molar-refractivity contribution in [3.8, 4) is 0 Å². The van der Waals surface area contributed by atoms with Crippen molar-refractivity contribution >= 4 is 37.5 Å². The largest absolute Gasteiger partial charge is 0.383 e. The van der Waals surface area contributed by atoms with Crippen molar-refractivity contribution in [3.05, 3.63) is 27.1 Å². The van der Waals surface area contributed by atoms with Gasteiger partial charge in [-0.3, -0.25) is 0 Å². The molecule has 3 N–H and O–H groups in total. The Kier molecular flexibility index (Phi) is 7.11. The van der Waals surface area contributed by atoms with Crippen LogP contribution in [0.15, 0.2) is 27.1 Å². The van der Waals surface area contributed by atoms with Crippen molar-refractivity contribution in [1.29, 1.82) is 0 Å². The van der Waals surface area contributed by atoms with Gasteiger partial charge in [-0.15, -0.1) is 0 Å². The lowest BCUT2D eigenvalue weighted by molar-refractivity contribution is 0.182. The van der Waals surface area contributed by atoms with E-state index in [2.05, 4.69) is 37.2 Å². The monoisotopic (exact) mass is 364 g/mol. The first-order valence-corrected chi connectivity index (χ1v) is 7.16. The zero-order valence-electron chi connectivity index (χ0n) is 9.88. The minimum absolute atomic E-state index is 0.293. The molecule has 1 aromatic rings. The third-order valence-corrected chi connectivity index (χ3v) is 3.56. The van der Waals surface area contributed by atoms with Crippen LogP contribution in [-0.2, 0) is 4.74 Å². The van der Waals surface area contributed by atoms with E-state index in [0.29, 0.717) is 19.2 Å². The fourth-order valence-corrected chi connectivity index (χ4v) is 2.75. The molecular weight excluding hydrogens is 348 g/mol. The molecule has 0 aliphatic rings. The molecule has 1 unspecified atom stereocenters. The summed E-state index contributed by atoms with van der Waals surface area (Å²) in [7, 11) is 1.72. The fraction of sp³-hybridized carbons (Fsp3) is 0.500. The quantitative estimate of drug-likeness (QED) is 0.778. The average Bonchev–Trinajstić information content (AvgIpc) is 2.29. The maximum absolute atomic E-state index is 5.53.